The molecule has 0 unspecified atom stereocenters. The van der Waals surface area contributed by atoms with Gasteiger partial charge in [-0.3, -0.25) is 4.72 Å². The molecule has 0 atom stereocenters. The fourth-order valence-electron chi connectivity index (χ4n) is 1.33. The molecule has 7 nitrogen and oxygen atoms in total. The lowest BCUT2D eigenvalue weighted by Crippen LogP contribution is -2.13. The van der Waals surface area contributed by atoms with Crippen LogP contribution in [-0.2, 0) is 10.0 Å². The van der Waals surface area contributed by atoms with E-state index in [2.05, 4.69) is 19.4 Å². The van der Waals surface area contributed by atoms with Crippen molar-refractivity contribution in [3.8, 4) is 18.1 Å². The minimum atomic E-state index is -3.78. The molecule has 0 fully saturated rings. The van der Waals surface area contributed by atoms with Crippen molar-refractivity contribution < 1.29 is 13.2 Å². The van der Waals surface area contributed by atoms with Gasteiger partial charge in [0.2, 0.25) is 0 Å². The summed E-state index contributed by atoms with van der Waals surface area (Å²) in [5.41, 5.74) is 5.98. The minimum Gasteiger partial charge on any atom is -0.479 e. The standard InChI is InChI=1S/C11H10N4O3S2/c1-2-5-18-10-6-8(3-4-9(10)12)20(16,17)15-11-7-13-19-14-11/h1,3-4,6-7H,5,12H2,(H,14,15). The summed E-state index contributed by atoms with van der Waals surface area (Å²) >= 11 is 0.898. The van der Waals surface area contributed by atoms with E-state index < -0.39 is 10.0 Å². The molecule has 1 aromatic heterocycles. The van der Waals surface area contributed by atoms with E-state index in [1.807, 2.05) is 0 Å². The van der Waals surface area contributed by atoms with Gasteiger partial charge in [-0.25, -0.2) is 8.42 Å². The fraction of sp³-hybridized carbons (Fsp3) is 0.0909. The lowest BCUT2D eigenvalue weighted by atomic mass is 10.3. The van der Waals surface area contributed by atoms with Crippen molar-refractivity contribution in [3.05, 3.63) is 24.4 Å². The van der Waals surface area contributed by atoms with Crippen LogP contribution in [0.15, 0.2) is 29.3 Å². The number of benzene rings is 1. The number of rotatable bonds is 5. The fourth-order valence-corrected chi connectivity index (χ4v) is 2.77. The van der Waals surface area contributed by atoms with Gasteiger partial charge in [-0.1, -0.05) is 5.92 Å². The highest BCUT2D eigenvalue weighted by Gasteiger charge is 2.17. The summed E-state index contributed by atoms with van der Waals surface area (Å²) in [4.78, 5) is -0.00767. The highest BCUT2D eigenvalue weighted by molar-refractivity contribution is 7.92. The number of nitrogen functional groups attached to an aromatic ring is 1. The van der Waals surface area contributed by atoms with E-state index in [1.54, 1.807) is 0 Å². The molecule has 20 heavy (non-hydrogen) atoms. The van der Waals surface area contributed by atoms with Crippen molar-refractivity contribution in [2.24, 2.45) is 0 Å². The first-order chi connectivity index (χ1) is 9.53. The molecule has 0 saturated carbocycles. The van der Waals surface area contributed by atoms with Crippen molar-refractivity contribution in [2.45, 2.75) is 4.90 Å². The first-order valence-corrected chi connectivity index (χ1v) is 7.50. The second kappa shape index (κ2) is 5.77. The van der Waals surface area contributed by atoms with Crippen LogP contribution in [0.5, 0.6) is 5.75 Å². The van der Waals surface area contributed by atoms with Crippen LogP contribution in [0.25, 0.3) is 0 Å². The van der Waals surface area contributed by atoms with E-state index in [9.17, 15) is 8.42 Å². The highest BCUT2D eigenvalue weighted by Crippen LogP contribution is 2.26. The van der Waals surface area contributed by atoms with Gasteiger partial charge in [-0.2, -0.15) is 8.75 Å². The van der Waals surface area contributed by atoms with Gasteiger partial charge in [0.05, 0.1) is 28.5 Å². The number of nitrogens with zero attached hydrogens (tertiary/aromatic N) is 2. The summed E-state index contributed by atoms with van der Waals surface area (Å²) in [5.74, 6) is 2.64. The van der Waals surface area contributed by atoms with Gasteiger partial charge in [0, 0.05) is 6.07 Å². The first kappa shape index (κ1) is 14.1. The van der Waals surface area contributed by atoms with Gasteiger partial charge >= 0.3 is 0 Å². The lowest BCUT2D eigenvalue weighted by Gasteiger charge is -2.09. The molecule has 2 rings (SSSR count). The molecular formula is C11H10N4O3S2. The summed E-state index contributed by atoms with van der Waals surface area (Å²) < 4.78 is 39.2. The summed E-state index contributed by atoms with van der Waals surface area (Å²) in [6.07, 6.45) is 6.39. The third-order valence-electron chi connectivity index (χ3n) is 2.21. The van der Waals surface area contributed by atoms with Crippen molar-refractivity contribution in [3.63, 3.8) is 0 Å². The van der Waals surface area contributed by atoms with Crippen LogP contribution in [-0.4, -0.2) is 23.8 Å². The smallest absolute Gasteiger partial charge is 0.263 e. The van der Waals surface area contributed by atoms with Crippen molar-refractivity contribution in [2.75, 3.05) is 17.1 Å². The molecule has 0 saturated heterocycles. The zero-order valence-corrected chi connectivity index (χ0v) is 11.7. The Hall–Kier alpha value is -2.31. The molecule has 0 radical (unpaired) electrons. The Morgan fingerprint density at radius 3 is 2.95 bits per heavy atom. The largest absolute Gasteiger partial charge is 0.479 e. The van der Waals surface area contributed by atoms with E-state index in [4.69, 9.17) is 16.9 Å². The Labute approximate surface area is 120 Å². The van der Waals surface area contributed by atoms with Gasteiger partial charge < -0.3 is 10.5 Å². The number of nitrogens with two attached hydrogens (primary N) is 1. The Bertz CT molecular complexity index is 736. The summed E-state index contributed by atoms with van der Waals surface area (Å²) in [6, 6.07) is 4.09. The third kappa shape index (κ3) is 3.17. The van der Waals surface area contributed by atoms with Gasteiger partial charge in [0.15, 0.2) is 5.82 Å². The molecule has 0 aliphatic heterocycles. The number of hydrogen-bond donors (Lipinski definition) is 2. The zero-order valence-electron chi connectivity index (χ0n) is 10.1. The van der Waals surface area contributed by atoms with Crippen LogP contribution in [0, 0.1) is 12.3 Å². The van der Waals surface area contributed by atoms with Crippen LogP contribution in [0.1, 0.15) is 0 Å². The van der Waals surface area contributed by atoms with Crippen molar-refractivity contribution in [1.82, 2.24) is 8.75 Å². The Balaban J connectivity index is 2.30. The number of anilines is 2. The predicted octanol–water partition coefficient (Wildman–Crippen LogP) is 0.933. The minimum absolute atomic E-state index is 0.00284. The van der Waals surface area contributed by atoms with Gasteiger partial charge in [0.25, 0.3) is 10.0 Å². The maximum absolute atomic E-state index is 12.1. The average Bonchev–Trinajstić information content (AvgIpc) is 2.89. The highest BCUT2D eigenvalue weighted by atomic mass is 32.2. The lowest BCUT2D eigenvalue weighted by molar-refractivity contribution is 0.371. The van der Waals surface area contributed by atoms with E-state index in [0.29, 0.717) is 5.69 Å². The Morgan fingerprint density at radius 1 is 1.50 bits per heavy atom. The van der Waals surface area contributed by atoms with Crippen LogP contribution in [0.2, 0.25) is 0 Å². The second-order valence-corrected chi connectivity index (χ2v) is 5.83. The summed E-state index contributed by atoms with van der Waals surface area (Å²) in [5, 5.41) is 0. The van der Waals surface area contributed by atoms with E-state index in [0.717, 1.165) is 11.7 Å². The summed E-state index contributed by atoms with van der Waals surface area (Å²) in [7, 11) is -3.78. The maximum Gasteiger partial charge on any atom is 0.263 e. The molecule has 0 bridgehead atoms. The quantitative estimate of drug-likeness (QED) is 0.628. The van der Waals surface area contributed by atoms with Gasteiger partial charge in [-0.15, -0.1) is 6.42 Å². The number of aromatic nitrogens is 2. The Kier molecular flexibility index (Phi) is 4.07. The van der Waals surface area contributed by atoms with E-state index >= 15 is 0 Å². The molecule has 0 spiro atoms. The van der Waals surface area contributed by atoms with Crippen molar-refractivity contribution in [1.29, 1.82) is 0 Å². The number of nitrogens with one attached hydrogen (secondary N) is 1. The molecule has 0 aliphatic rings. The Morgan fingerprint density at radius 2 is 2.30 bits per heavy atom. The SMILES string of the molecule is C#CCOc1cc(S(=O)(=O)Nc2cnsn2)ccc1N. The van der Waals surface area contributed by atoms with Gasteiger partial charge in [0.1, 0.15) is 12.4 Å². The number of hydrogen-bond acceptors (Lipinski definition) is 7. The van der Waals surface area contributed by atoms with E-state index in [1.165, 1.54) is 24.4 Å². The topological polar surface area (TPSA) is 107 Å². The third-order valence-corrected chi connectivity index (χ3v) is 4.04. The van der Waals surface area contributed by atoms with Crippen LogP contribution in [0.3, 0.4) is 0 Å². The molecular weight excluding hydrogens is 300 g/mol. The van der Waals surface area contributed by atoms with Crippen LogP contribution < -0.4 is 15.2 Å². The monoisotopic (exact) mass is 310 g/mol. The van der Waals surface area contributed by atoms with E-state index in [-0.39, 0.29) is 23.1 Å². The zero-order chi connectivity index (χ0) is 14.6. The molecule has 0 amide bonds. The average molecular weight is 310 g/mol. The molecule has 104 valence electrons. The first-order valence-electron chi connectivity index (χ1n) is 5.29. The molecule has 0 aliphatic carbocycles. The number of sulfonamides is 1. The van der Waals surface area contributed by atoms with Crippen molar-refractivity contribution >= 4 is 33.3 Å². The molecule has 3 N–H and O–H groups in total. The molecule has 1 heterocycles. The number of terminal acetylenes is 1. The predicted molar refractivity (Wildman–Crippen MR) is 75.9 cm³/mol. The van der Waals surface area contributed by atoms with Crippen LogP contribution >= 0.6 is 11.7 Å². The molecule has 2 aromatic rings. The normalized spacial score (nSPS) is 10.8. The molecule has 9 heteroatoms. The maximum atomic E-state index is 12.1. The van der Waals surface area contributed by atoms with Gasteiger partial charge in [-0.05, 0) is 12.1 Å². The second-order valence-electron chi connectivity index (χ2n) is 3.59. The molecule has 1 aromatic carbocycles. The number of ether oxygens (including phenoxy) is 1. The van der Waals surface area contributed by atoms with Crippen LogP contribution in [0.4, 0.5) is 11.5 Å². The summed E-state index contributed by atoms with van der Waals surface area (Å²) in [6.45, 7) is -0.00284.